The summed E-state index contributed by atoms with van der Waals surface area (Å²) in [6.07, 6.45) is 3.39. The zero-order valence-corrected chi connectivity index (χ0v) is 20.2. The first-order chi connectivity index (χ1) is 16.3. The lowest BCUT2D eigenvalue weighted by Crippen LogP contribution is -2.65. The van der Waals surface area contributed by atoms with Crippen LogP contribution in [0, 0.1) is 17.8 Å². The monoisotopic (exact) mass is 458 g/mol. The third-order valence-corrected chi connectivity index (χ3v) is 7.78. The van der Waals surface area contributed by atoms with Gasteiger partial charge >= 0.3 is 0 Å². The van der Waals surface area contributed by atoms with E-state index in [9.17, 15) is 4.79 Å². The van der Waals surface area contributed by atoms with E-state index < -0.39 is 5.41 Å². The highest BCUT2D eigenvalue weighted by Crippen LogP contribution is 2.58. The van der Waals surface area contributed by atoms with Crippen molar-refractivity contribution < 1.29 is 13.7 Å². The number of carbonyl (C=O) groups excluding carboxylic acids is 1. The second-order valence-electron chi connectivity index (χ2n) is 9.73. The molecule has 3 aromatic heterocycles. The minimum absolute atomic E-state index is 0.0424. The molecule has 176 valence electrons. The molecule has 0 radical (unpaired) electrons. The number of furan rings is 1. The zero-order chi connectivity index (χ0) is 24.0. The molecular formula is C27H30N4O3. The van der Waals surface area contributed by atoms with Gasteiger partial charge in [-0.05, 0) is 55.9 Å². The summed E-state index contributed by atoms with van der Waals surface area (Å²) in [5.74, 6) is 2.30. The Morgan fingerprint density at radius 2 is 1.88 bits per heavy atom. The van der Waals surface area contributed by atoms with Gasteiger partial charge in [0, 0.05) is 29.4 Å². The van der Waals surface area contributed by atoms with Gasteiger partial charge in [-0.2, -0.15) is 4.98 Å². The normalized spacial score (nSPS) is 24.4. The third kappa shape index (κ3) is 3.33. The molecule has 34 heavy (non-hydrogen) atoms. The maximum absolute atomic E-state index is 14.4. The first-order valence-electron chi connectivity index (χ1n) is 11.9. The van der Waals surface area contributed by atoms with Crippen molar-refractivity contribution in [2.75, 3.05) is 0 Å². The number of hydrogen-bond donors (Lipinski definition) is 0. The van der Waals surface area contributed by atoms with Crippen molar-refractivity contribution in [1.29, 1.82) is 0 Å². The summed E-state index contributed by atoms with van der Waals surface area (Å²) in [5.41, 5.74) is 0.834. The summed E-state index contributed by atoms with van der Waals surface area (Å²) in [6.45, 7) is 10.8. The molecule has 0 saturated heterocycles. The van der Waals surface area contributed by atoms with E-state index in [4.69, 9.17) is 8.94 Å². The van der Waals surface area contributed by atoms with E-state index in [0.29, 0.717) is 17.6 Å². The molecule has 1 amide bonds. The second-order valence-corrected chi connectivity index (χ2v) is 9.73. The van der Waals surface area contributed by atoms with E-state index >= 15 is 0 Å². The van der Waals surface area contributed by atoms with Crippen LogP contribution >= 0.6 is 0 Å². The Morgan fingerprint density at radius 3 is 2.56 bits per heavy atom. The van der Waals surface area contributed by atoms with Crippen LogP contribution in [0.5, 0.6) is 0 Å². The van der Waals surface area contributed by atoms with Gasteiger partial charge in [0.05, 0.1) is 0 Å². The average molecular weight is 459 g/mol. The molecule has 0 bridgehead atoms. The van der Waals surface area contributed by atoms with Gasteiger partial charge in [-0.3, -0.25) is 9.78 Å². The van der Waals surface area contributed by atoms with E-state index in [0.717, 1.165) is 22.3 Å². The fourth-order valence-corrected chi connectivity index (χ4v) is 5.49. The SMILES string of the molecule is CC1C(C)C(C(=O)N(Cc2nc(-c3cccnc3)no2)C(C)C)(c2cc3ccccc3o2)C1C. The van der Waals surface area contributed by atoms with Gasteiger partial charge in [0.2, 0.25) is 17.6 Å². The van der Waals surface area contributed by atoms with Gasteiger partial charge < -0.3 is 13.8 Å². The minimum Gasteiger partial charge on any atom is -0.460 e. The van der Waals surface area contributed by atoms with E-state index in [1.807, 2.05) is 61.2 Å². The Bertz CT molecular complexity index is 1270. The maximum atomic E-state index is 14.4. The Labute approximate surface area is 199 Å². The quantitative estimate of drug-likeness (QED) is 0.381. The molecule has 1 fully saturated rings. The molecule has 1 saturated carbocycles. The van der Waals surface area contributed by atoms with Crippen LogP contribution < -0.4 is 0 Å². The lowest BCUT2D eigenvalue weighted by Gasteiger charge is -2.57. The highest BCUT2D eigenvalue weighted by molar-refractivity contribution is 5.91. The molecule has 7 heteroatoms. The van der Waals surface area contributed by atoms with E-state index in [1.165, 1.54) is 0 Å². The third-order valence-electron chi connectivity index (χ3n) is 7.78. The number of para-hydroxylation sites is 1. The minimum atomic E-state index is -0.741. The molecule has 2 atom stereocenters. The number of rotatable bonds is 6. The summed E-state index contributed by atoms with van der Waals surface area (Å²) < 4.78 is 11.9. The topological polar surface area (TPSA) is 85.3 Å². The Balaban J connectivity index is 1.51. The molecule has 1 aromatic carbocycles. The number of aromatic nitrogens is 3. The molecule has 1 aliphatic carbocycles. The lowest BCUT2D eigenvalue weighted by molar-refractivity contribution is -0.160. The number of pyridine rings is 1. The van der Waals surface area contributed by atoms with Crippen molar-refractivity contribution in [3.05, 3.63) is 66.5 Å². The Hall–Kier alpha value is -3.48. The van der Waals surface area contributed by atoms with Crippen LogP contribution in [0.1, 0.15) is 46.3 Å². The number of benzene rings is 1. The van der Waals surface area contributed by atoms with Gasteiger partial charge in [0.25, 0.3) is 0 Å². The number of nitrogens with zero attached hydrogens (tertiary/aromatic N) is 4. The number of hydrogen-bond acceptors (Lipinski definition) is 6. The van der Waals surface area contributed by atoms with Gasteiger partial charge in [-0.15, -0.1) is 0 Å². The lowest BCUT2D eigenvalue weighted by atomic mass is 9.46. The van der Waals surface area contributed by atoms with E-state index in [2.05, 4.69) is 35.9 Å². The van der Waals surface area contributed by atoms with Crippen LogP contribution in [0.2, 0.25) is 0 Å². The summed E-state index contributed by atoms with van der Waals surface area (Å²) in [5, 5.41) is 5.11. The molecule has 0 N–H and O–H groups in total. The first kappa shape index (κ1) is 22.3. The average Bonchev–Trinajstić information content (AvgIpc) is 3.50. The summed E-state index contributed by atoms with van der Waals surface area (Å²) in [4.78, 5) is 24.9. The first-order valence-corrected chi connectivity index (χ1v) is 11.9. The number of carbonyl (C=O) groups is 1. The van der Waals surface area contributed by atoms with Crippen LogP contribution in [0.4, 0.5) is 0 Å². The summed E-state index contributed by atoms with van der Waals surface area (Å²) >= 11 is 0. The van der Waals surface area contributed by atoms with Crippen LogP contribution in [0.15, 0.2) is 63.8 Å². The van der Waals surface area contributed by atoms with E-state index in [1.54, 1.807) is 12.4 Å². The molecule has 7 nitrogen and oxygen atoms in total. The van der Waals surface area contributed by atoms with Gasteiger partial charge in [0.15, 0.2) is 0 Å². The molecule has 3 heterocycles. The van der Waals surface area contributed by atoms with Crippen LogP contribution in [0.3, 0.4) is 0 Å². The highest BCUT2D eigenvalue weighted by Gasteiger charge is 2.64. The number of amides is 1. The van der Waals surface area contributed by atoms with Crippen molar-refractivity contribution in [3.8, 4) is 11.4 Å². The second kappa shape index (κ2) is 8.38. The largest absolute Gasteiger partial charge is 0.460 e. The van der Waals surface area contributed by atoms with Crippen LogP contribution in [-0.2, 0) is 16.8 Å². The molecule has 4 aromatic rings. The van der Waals surface area contributed by atoms with Gasteiger partial charge in [-0.25, -0.2) is 0 Å². The summed E-state index contributed by atoms with van der Waals surface area (Å²) in [6, 6.07) is 13.6. The smallest absolute Gasteiger partial charge is 0.246 e. The fourth-order valence-electron chi connectivity index (χ4n) is 5.49. The van der Waals surface area contributed by atoms with Crippen molar-refractivity contribution >= 4 is 16.9 Å². The Kier molecular flexibility index (Phi) is 5.50. The molecule has 2 unspecified atom stereocenters. The summed E-state index contributed by atoms with van der Waals surface area (Å²) in [7, 11) is 0. The van der Waals surface area contributed by atoms with Crippen molar-refractivity contribution in [3.63, 3.8) is 0 Å². The van der Waals surface area contributed by atoms with Gasteiger partial charge in [0.1, 0.15) is 23.3 Å². The van der Waals surface area contributed by atoms with Crippen LogP contribution in [-0.4, -0.2) is 32.0 Å². The van der Waals surface area contributed by atoms with Crippen molar-refractivity contribution in [2.45, 2.75) is 52.6 Å². The molecule has 1 aliphatic rings. The molecular weight excluding hydrogens is 428 g/mol. The Morgan fingerprint density at radius 1 is 1.12 bits per heavy atom. The highest BCUT2D eigenvalue weighted by atomic mass is 16.5. The molecule has 5 rings (SSSR count). The molecule has 0 spiro atoms. The predicted molar refractivity (Wildman–Crippen MR) is 129 cm³/mol. The predicted octanol–water partition coefficient (Wildman–Crippen LogP) is 5.47. The molecule has 0 aliphatic heterocycles. The maximum Gasteiger partial charge on any atom is 0.246 e. The van der Waals surface area contributed by atoms with Gasteiger partial charge in [-0.1, -0.05) is 44.1 Å². The van der Waals surface area contributed by atoms with E-state index in [-0.39, 0.29) is 30.3 Å². The van der Waals surface area contributed by atoms with Crippen LogP contribution in [0.25, 0.3) is 22.4 Å². The number of fused-ring (bicyclic) bond motifs is 1. The standard InChI is InChI=1S/C27H30N4O3/c1-16(2)31(15-24-29-25(30-34-24)21-10-8-12-28-14-21)26(32)27(18(4)17(3)19(27)5)23-13-20-9-6-7-11-22(20)33-23/h6-14,16-19H,15H2,1-5H3. The van der Waals surface area contributed by atoms with Crippen molar-refractivity contribution in [2.24, 2.45) is 17.8 Å². The fraction of sp³-hybridized carbons (Fsp3) is 0.407. The van der Waals surface area contributed by atoms with Crippen molar-refractivity contribution in [1.82, 2.24) is 20.0 Å². The zero-order valence-electron chi connectivity index (χ0n) is 20.2.